The van der Waals surface area contributed by atoms with Crippen LogP contribution in [-0.4, -0.2) is 39.6 Å². The highest BCUT2D eigenvalue weighted by atomic mass is 16.7. The molecule has 1 N–H and O–H groups in total. The average Bonchev–Trinajstić information content (AvgIpc) is 3.52. The molecule has 1 spiro atoms. The topological polar surface area (TPSA) is 91.8 Å². The fourth-order valence-electron chi connectivity index (χ4n) is 5.39. The minimum atomic E-state index is -0.866. The van der Waals surface area contributed by atoms with Gasteiger partial charge in [-0.3, -0.25) is 14.3 Å². The second-order valence-electron chi connectivity index (χ2n) is 9.65. The first-order valence-electron chi connectivity index (χ1n) is 12.0. The van der Waals surface area contributed by atoms with E-state index >= 15 is 0 Å². The number of ether oxygens (including phenoxy) is 4. The van der Waals surface area contributed by atoms with E-state index in [1.54, 1.807) is 6.92 Å². The molecule has 3 fully saturated rings. The summed E-state index contributed by atoms with van der Waals surface area (Å²) in [6.45, 7) is 2.75. The van der Waals surface area contributed by atoms with Gasteiger partial charge in [-0.05, 0) is 30.9 Å². The van der Waals surface area contributed by atoms with Crippen molar-refractivity contribution in [1.29, 1.82) is 0 Å². The number of rotatable bonds is 8. The quantitative estimate of drug-likeness (QED) is 0.538. The molecule has 0 radical (unpaired) electrons. The van der Waals surface area contributed by atoms with Gasteiger partial charge in [-0.2, -0.15) is 0 Å². The summed E-state index contributed by atoms with van der Waals surface area (Å²) in [5, 5.41) is 0. The Balaban J connectivity index is 1.32. The molecule has 8 nitrogen and oxygen atoms in total. The molecule has 3 aromatic rings. The third-order valence-electron chi connectivity index (χ3n) is 7.33. The zero-order chi connectivity index (χ0) is 24.0. The lowest BCUT2D eigenvalue weighted by Gasteiger charge is -2.38. The van der Waals surface area contributed by atoms with Crippen LogP contribution < -0.4 is 11.2 Å². The molecule has 2 bridgehead atoms. The van der Waals surface area contributed by atoms with Gasteiger partial charge in [0.25, 0.3) is 5.56 Å². The lowest BCUT2D eigenvalue weighted by Crippen LogP contribution is -2.54. The zero-order valence-corrected chi connectivity index (χ0v) is 19.5. The van der Waals surface area contributed by atoms with Crippen LogP contribution in [0.15, 0.2) is 76.4 Å². The minimum Gasteiger partial charge on any atom is -0.374 e. The normalized spacial score (nSPS) is 28.0. The van der Waals surface area contributed by atoms with Gasteiger partial charge in [-0.25, -0.2) is 4.79 Å². The van der Waals surface area contributed by atoms with Crippen LogP contribution in [0.25, 0.3) is 0 Å². The number of benzene rings is 2. The lowest BCUT2D eigenvalue weighted by atomic mass is 9.91. The Labute approximate surface area is 202 Å². The molecule has 0 amide bonds. The summed E-state index contributed by atoms with van der Waals surface area (Å²) in [4.78, 5) is 27.1. The third kappa shape index (κ3) is 3.77. The van der Waals surface area contributed by atoms with Crippen LogP contribution in [0.2, 0.25) is 0 Å². The second-order valence-corrected chi connectivity index (χ2v) is 9.65. The molecule has 3 unspecified atom stereocenters. The largest absolute Gasteiger partial charge is 0.374 e. The van der Waals surface area contributed by atoms with E-state index < -0.39 is 40.9 Å². The molecule has 1 aliphatic carbocycles. The van der Waals surface area contributed by atoms with Crippen molar-refractivity contribution in [3.63, 3.8) is 0 Å². The Hall–Kier alpha value is -3.04. The van der Waals surface area contributed by atoms with E-state index in [0.29, 0.717) is 18.8 Å². The monoisotopic (exact) mass is 476 g/mol. The molecule has 1 aromatic heterocycles. The number of hydrogen-bond acceptors (Lipinski definition) is 6. The van der Waals surface area contributed by atoms with E-state index in [1.807, 2.05) is 60.7 Å². The fraction of sp³-hybridized carbons (Fsp3) is 0.407. The van der Waals surface area contributed by atoms with Crippen molar-refractivity contribution in [1.82, 2.24) is 9.55 Å². The molecule has 1 saturated carbocycles. The maximum absolute atomic E-state index is 12.7. The van der Waals surface area contributed by atoms with Crippen molar-refractivity contribution in [2.75, 3.05) is 6.61 Å². The summed E-state index contributed by atoms with van der Waals surface area (Å²) in [6.07, 6.45) is 1.54. The predicted octanol–water partition coefficient (Wildman–Crippen LogP) is 2.85. The summed E-state index contributed by atoms with van der Waals surface area (Å²) in [5.74, 6) is 0. The molecule has 2 aromatic carbocycles. The van der Waals surface area contributed by atoms with Gasteiger partial charge in [0.2, 0.25) is 0 Å². The van der Waals surface area contributed by atoms with Crippen molar-refractivity contribution in [2.24, 2.45) is 0 Å². The van der Waals surface area contributed by atoms with E-state index in [1.165, 1.54) is 10.8 Å². The van der Waals surface area contributed by atoms with E-state index in [4.69, 9.17) is 18.9 Å². The standard InChI is InChI=1S/C27H28N2O6/c1-18-14-29(25(31)28-23(18)30)24-21-22(33-16-20-10-6-3-7-11-20)27(35-24,26(34-21)12-13-26)17-32-15-19-8-4-2-5-9-19/h2-11,14,21-22,24H,12-13,15-17H2,1H3,(H,28,30,31)/t21?,22?,24?,27-/m0/s1. The summed E-state index contributed by atoms with van der Waals surface area (Å²) < 4.78 is 27.4. The van der Waals surface area contributed by atoms with E-state index in [9.17, 15) is 9.59 Å². The number of H-pyrrole nitrogens is 1. The van der Waals surface area contributed by atoms with Crippen LogP contribution in [-0.2, 0) is 32.2 Å². The van der Waals surface area contributed by atoms with Gasteiger partial charge in [0.15, 0.2) is 11.8 Å². The Morgan fingerprint density at radius 2 is 1.63 bits per heavy atom. The highest BCUT2D eigenvalue weighted by Crippen LogP contribution is 2.65. The highest BCUT2D eigenvalue weighted by Gasteiger charge is 2.79. The summed E-state index contributed by atoms with van der Waals surface area (Å²) in [6, 6.07) is 19.9. The number of aromatic nitrogens is 2. The molecule has 6 rings (SSSR count). The number of fused-ring (bicyclic) bond motifs is 3. The van der Waals surface area contributed by atoms with Crippen molar-refractivity contribution in [3.05, 3.63) is 104 Å². The van der Waals surface area contributed by atoms with Crippen molar-refractivity contribution < 1.29 is 18.9 Å². The van der Waals surface area contributed by atoms with E-state index in [0.717, 1.165) is 24.0 Å². The Morgan fingerprint density at radius 3 is 2.29 bits per heavy atom. The van der Waals surface area contributed by atoms with Crippen molar-refractivity contribution in [3.8, 4) is 0 Å². The average molecular weight is 477 g/mol. The number of nitrogens with one attached hydrogen (secondary N) is 1. The van der Waals surface area contributed by atoms with Gasteiger partial charge >= 0.3 is 5.69 Å². The summed E-state index contributed by atoms with van der Waals surface area (Å²) in [5.41, 5.74) is 0.224. The van der Waals surface area contributed by atoms with Crippen LogP contribution in [0.1, 0.15) is 35.8 Å². The van der Waals surface area contributed by atoms with E-state index in [-0.39, 0.29) is 6.61 Å². The molecule has 182 valence electrons. The van der Waals surface area contributed by atoms with Gasteiger partial charge in [0, 0.05) is 11.8 Å². The number of aromatic amines is 1. The molecular formula is C27H28N2O6. The first kappa shape index (κ1) is 22.4. The second kappa shape index (κ2) is 8.57. The SMILES string of the molecule is Cc1cn(C2O[C@@]3(COCc4ccccc4)C(OCc4ccccc4)C2OC32CC2)c(=O)[nH]c1=O. The van der Waals surface area contributed by atoms with Crippen LogP contribution in [0.3, 0.4) is 0 Å². The number of aryl methyl sites for hydroxylation is 1. The molecule has 3 heterocycles. The predicted molar refractivity (Wildman–Crippen MR) is 127 cm³/mol. The Bertz CT molecular complexity index is 1320. The molecule has 8 heteroatoms. The first-order valence-corrected chi connectivity index (χ1v) is 12.0. The van der Waals surface area contributed by atoms with Gasteiger partial charge in [0.1, 0.15) is 17.8 Å². The van der Waals surface area contributed by atoms with Gasteiger partial charge < -0.3 is 18.9 Å². The Kier molecular flexibility index (Phi) is 5.49. The van der Waals surface area contributed by atoms with Crippen LogP contribution in [0.5, 0.6) is 0 Å². The van der Waals surface area contributed by atoms with Crippen molar-refractivity contribution >= 4 is 0 Å². The minimum absolute atomic E-state index is 0.269. The molecule has 35 heavy (non-hydrogen) atoms. The molecule has 2 aliphatic heterocycles. The van der Waals surface area contributed by atoms with Crippen LogP contribution in [0.4, 0.5) is 0 Å². The summed E-state index contributed by atoms with van der Waals surface area (Å²) >= 11 is 0. The van der Waals surface area contributed by atoms with Crippen LogP contribution >= 0.6 is 0 Å². The molecule has 2 saturated heterocycles. The van der Waals surface area contributed by atoms with Crippen LogP contribution in [0, 0.1) is 6.92 Å². The summed E-state index contributed by atoms with van der Waals surface area (Å²) in [7, 11) is 0. The number of nitrogens with zero attached hydrogens (tertiary/aromatic N) is 1. The molecule has 4 atom stereocenters. The van der Waals surface area contributed by atoms with Gasteiger partial charge in [0.05, 0.1) is 19.8 Å². The smallest absolute Gasteiger partial charge is 0.330 e. The zero-order valence-electron chi connectivity index (χ0n) is 19.5. The van der Waals surface area contributed by atoms with Crippen molar-refractivity contribution in [2.45, 2.75) is 62.6 Å². The maximum Gasteiger partial charge on any atom is 0.330 e. The lowest BCUT2D eigenvalue weighted by molar-refractivity contribution is -0.242. The van der Waals surface area contributed by atoms with E-state index in [2.05, 4.69) is 4.98 Å². The molecular weight excluding hydrogens is 448 g/mol. The Morgan fingerprint density at radius 1 is 0.971 bits per heavy atom. The first-order chi connectivity index (χ1) is 17.0. The third-order valence-corrected chi connectivity index (χ3v) is 7.33. The number of hydrogen-bond donors (Lipinski definition) is 1. The fourth-order valence-corrected chi connectivity index (χ4v) is 5.39. The maximum atomic E-state index is 12.7. The highest BCUT2D eigenvalue weighted by molar-refractivity contribution is 5.27. The van der Waals surface area contributed by atoms with Gasteiger partial charge in [-0.1, -0.05) is 60.7 Å². The van der Waals surface area contributed by atoms with Gasteiger partial charge in [-0.15, -0.1) is 0 Å². The molecule has 3 aliphatic rings.